The van der Waals surface area contributed by atoms with E-state index in [1.165, 1.54) is 7.11 Å². The number of amides is 2. The predicted molar refractivity (Wildman–Crippen MR) is 69.2 cm³/mol. The van der Waals surface area contributed by atoms with Crippen molar-refractivity contribution in [3.8, 4) is 0 Å². The Hall–Kier alpha value is -2.15. The second-order valence-corrected chi connectivity index (χ2v) is 4.03. The Morgan fingerprint density at radius 3 is 2.68 bits per heavy atom. The molecule has 0 bridgehead atoms. The van der Waals surface area contributed by atoms with Crippen LogP contribution >= 0.6 is 0 Å². The van der Waals surface area contributed by atoms with Crippen molar-refractivity contribution >= 4 is 17.7 Å². The smallest absolute Gasteiger partial charge is 0.328 e. The second-order valence-electron chi connectivity index (χ2n) is 4.03. The van der Waals surface area contributed by atoms with E-state index in [9.17, 15) is 9.59 Å². The Kier molecular flexibility index (Phi) is 5.25. The van der Waals surface area contributed by atoms with Gasteiger partial charge in [0.15, 0.2) is 6.04 Å². The highest BCUT2D eigenvalue weighted by molar-refractivity contribution is 5.93. The number of urea groups is 1. The number of carbonyl (C=O) groups is 2. The van der Waals surface area contributed by atoms with Gasteiger partial charge in [-0.25, -0.2) is 9.59 Å². The highest BCUT2D eigenvalue weighted by atomic mass is 16.5. The van der Waals surface area contributed by atoms with Crippen molar-refractivity contribution < 1.29 is 19.4 Å². The van der Waals surface area contributed by atoms with Gasteiger partial charge in [-0.3, -0.25) is 4.98 Å². The number of hydrogen-bond acceptors (Lipinski definition) is 4. The molecule has 1 heterocycles. The summed E-state index contributed by atoms with van der Waals surface area (Å²) in [6.45, 7) is 3.48. The summed E-state index contributed by atoms with van der Waals surface area (Å²) in [5, 5.41) is 13.8. The largest absolute Gasteiger partial charge is 0.480 e. The quantitative estimate of drug-likeness (QED) is 0.736. The van der Waals surface area contributed by atoms with Crippen LogP contribution in [-0.4, -0.2) is 41.8 Å². The van der Waals surface area contributed by atoms with E-state index >= 15 is 0 Å². The minimum atomic E-state index is -1.16. The molecule has 0 aliphatic rings. The molecule has 19 heavy (non-hydrogen) atoms. The summed E-state index contributed by atoms with van der Waals surface area (Å²) in [6.07, 6.45) is 1.64. The lowest BCUT2D eigenvalue weighted by Gasteiger charge is -2.15. The molecule has 0 fully saturated rings. The van der Waals surface area contributed by atoms with Crippen molar-refractivity contribution in [1.82, 2.24) is 10.3 Å². The Bertz CT molecular complexity index is 456. The number of nitrogens with one attached hydrogen (secondary N) is 2. The summed E-state index contributed by atoms with van der Waals surface area (Å²) in [5.41, 5.74) is 2.08. The highest BCUT2D eigenvalue weighted by Crippen LogP contribution is 2.16. The van der Waals surface area contributed by atoms with Gasteiger partial charge >= 0.3 is 12.0 Å². The van der Waals surface area contributed by atoms with Crippen LogP contribution in [0.2, 0.25) is 0 Å². The lowest BCUT2D eigenvalue weighted by atomic mass is 10.2. The summed E-state index contributed by atoms with van der Waals surface area (Å²) in [7, 11) is 1.37. The number of aryl methyl sites for hydroxylation is 2. The van der Waals surface area contributed by atoms with Crippen LogP contribution in [0, 0.1) is 13.8 Å². The molecule has 7 heteroatoms. The number of hydrogen-bond donors (Lipinski definition) is 3. The molecule has 0 aromatic carbocycles. The molecule has 0 spiro atoms. The van der Waals surface area contributed by atoms with Gasteiger partial charge in [-0.15, -0.1) is 0 Å². The predicted octanol–water partition coefficient (Wildman–Crippen LogP) is 0.920. The fourth-order valence-electron chi connectivity index (χ4n) is 1.53. The minimum Gasteiger partial charge on any atom is -0.480 e. The number of aromatic nitrogens is 1. The normalized spacial score (nSPS) is 11.7. The van der Waals surface area contributed by atoms with Crippen LogP contribution in [0.1, 0.15) is 11.3 Å². The van der Waals surface area contributed by atoms with Crippen molar-refractivity contribution in [3.05, 3.63) is 23.5 Å². The first kappa shape index (κ1) is 14.9. The molecular formula is C12H17N3O4. The lowest BCUT2D eigenvalue weighted by Crippen LogP contribution is -2.45. The zero-order valence-electron chi connectivity index (χ0n) is 11.1. The fraction of sp³-hybridized carbons (Fsp3) is 0.417. The molecule has 0 saturated heterocycles. The van der Waals surface area contributed by atoms with E-state index in [-0.39, 0.29) is 6.61 Å². The molecule has 1 unspecified atom stereocenters. The van der Waals surface area contributed by atoms with E-state index in [0.717, 1.165) is 5.56 Å². The summed E-state index contributed by atoms with van der Waals surface area (Å²) in [4.78, 5) is 26.7. The monoisotopic (exact) mass is 267 g/mol. The summed E-state index contributed by atoms with van der Waals surface area (Å²) in [6, 6.07) is 0.0536. The average molecular weight is 267 g/mol. The molecule has 0 aliphatic heterocycles. The lowest BCUT2D eigenvalue weighted by molar-refractivity contribution is -0.140. The Labute approximate surface area is 111 Å². The summed E-state index contributed by atoms with van der Waals surface area (Å²) in [5.74, 6) is -1.16. The van der Waals surface area contributed by atoms with Gasteiger partial charge in [-0.2, -0.15) is 0 Å². The fourth-order valence-corrected chi connectivity index (χ4v) is 1.53. The number of ether oxygens (including phenoxy) is 1. The van der Waals surface area contributed by atoms with E-state index in [1.54, 1.807) is 19.2 Å². The number of pyridine rings is 1. The first-order chi connectivity index (χ1) is 8.95. The van der Waals surface area contributed by atoms with Crippen molar-refractivity contribution in [1.29, 1.82) is 0 Å². The van der Waals surface area contributed by atoms with Gasteiger partial charge in [0.1, 0.15) is 0 Å². The second kappa shape index (κ2) is 6.69. The van der Waals surface area contributed by atoms with Crippen LogP contribution in [0.15, 0.2) is 12.3 Å². The zero-order valence-corrected chi connectivity index (χ0v) is 11.1. The molecule has 1 aromatic rings. The van der Waals surface area contributed by atoms with Gasteiger partial charge in [0.05, 0.1) is 18.0 Å². The maximum atomic E-state index is 11.7. The number of carbonyl (C=O) groups excluding carboxylic acids is 1. The number of aliphatic carboxylic acids is 1. The first-order valence-corrected chi connectivity index (χ1v) is 5.67. The van der Waals surface area contributed by atoms with Crippen molar-refractivity contribution in [2.24, 2.45) is 0 Å². The van der Waals surface area contributed by atoms with E-state index in [4.69, 9.17) is 9.84 Å². The molecule has 1 rings (SSSR count). The maximum Gasteiger partial charge on any atom is 0.328 e. The minimum absolute atomic E-state index is 0.103. The van der Waals surface area contributed by atoms with E-state index in [2.05, 4.69) is 15.6 Å². The van der Waals surface area contributed by atoms with Crippen LogP contribution in [0.5, 0.6) is 0 Å². The maximum absolute atomic E-state index is 11.7. The van der Waals surface area contributed by atoms with E-state index < -0.39 is 18.0 Å². The third-order valence-corrected chi connectivity index (χ3v) is 2.52. The Morgan fingerprint density at radius 2 is 2.16 bits per heavy atom. The summed E-state index contributed by atoms with van der Waals surface area (Å²) < 4.78 is 4.73. The van der Waals surface area contributed by atoms with Crippen molar-refractivity contribution in [3.63, 3.8) is 0 Å². The standard InChI is InChI=1S/C12H17N3O4/c1-7-4-5-13-8(2)10(7)15-12(18)14-9(6-19-3)11(16)17/h4-5,9H,6H2,1-3H3,(H,16,17)(H2,14,15,18). The number of carboxylic acid groups (broad SMARTS) is 1. The van der Waals surface area contributed by atoms with Gasteiger partial charge in [-0.05, 0) is 25.5 Å². The van der Waals surface area contributed by atoms with Crippen LogP contribution in [-0.2, 0) is 9.53 Å². The molecule has 0 radical (unpaired) electrons. The van der Waals surface area contributed by atoms with Crippen molar-refractivity contribution in [2.75, 3.05) is 19.0 Å². The van der Waals surface area contributed by atoms with Gasteiger partial charge in [0.2, 0.25) is 0 Å². The first-order valence-electron chi connectivity index (χ1n) is 5.67. The molecule has 1 atom stereocenters. The molecule has 3 N–H and O–H groups in total. The van der Waals surface area contributed by atoms with E-state index in [0.29, 0.717) is 11.4 Å². The highest BCUT2D eigenvalue weighted by Gasteiger charge is 2.20. The van der Waals surface area contributed by atoms with Gasteiger partial charge in [-0.1, -0.05) is 0 Å². The van der Waals surface area contributed by atoms with Crippen LogP contribution in [0.3, 0.4) is 0 Å². The van der Waals surface area contributed by atoms with Crippen LogP contribution in [0.25, 0.3) is 0 Å². The molecule has 104 valence electrons. The van der Waals surface area contributed by atoms with Gasteiger partial charge in [0.25, 0.3) is 0 Å². The third kappa shape index (κ3) is 4.22. The number of nitrogens with zero attached hydrogens (tertiary/aromatic N) is 1. The molecule has 1 aromatic heterocycles. The number of methoxy groups -OCH3 is 1. The third-order valence-electron chi connectivity index (χ3n) is 2.52. The molecule has 0 saturated carbocycles. The van der Waals surface area contributed by atoms with Gasteiger partial charge < -0.3 is 20.5 Å². The number of carboxylic acids is 1. The molecule has 2 amide bonds. The SMILES string of the molecule is COCC(NC(=O)Nc1c(C)ccnc1C)C(=O)O. The number of rotatable bonds is 5. The topological polar surface area (TPSA) is 101 Å². The van der Waals surface area contributed by atoms with Crippen LogP contribution in [0.4, 0.5) is 10.5 Å². The average Bonchev–Trinajstić information content (AvgIpc) is 2.33. The molecular weight excluding hydrogens is 250 g/mol. The van der Waals surface area contributed by atoms with Crippen LogP contribution < -0.4 is 10.6 Å². The van der Waals surface area contributed by atoms with Crippen molar-refractivity contribution in [2.45, 2.75) is 19.9 Å². The zero-order chi connectivity index (χ0) is 14.4. The Morgan fingerprint density at radius 1 is 1.47 bits per heavy atom. The molecule has 0 aliphatic carbocycles. The Balaban J connectivity index is 2.72. The van der Waals surface area contributed by atoms with Gasteiger partial charge in [0, 0.05) is 13.3 Å². The summed E-state index contributed by atoms with van der Waals surface area (Å²) >= 11 is 0. The van der Waals surface area contributed by atoms with E-state index in [1.807, 2.05) is 6.92 Å². The number of anilines is 1. The molecule has 7 nitrogen and oxygen atoms in total.